The number of para-hydroxylation sites is 1. The molecule has 8 heteroatoms. The minimum Gasteiger partial charge on any atom is -0.318 e. The van der Waals surface area contributed by atoms with Crippen molar-refractivity contribution in [3.8, 4) is 17.1 Å². The van der Waals surface area contributed by atoms with Crippen LogP contribution >= 0.6 is 23.2 Å². The molecule has 1 heterocycles. The number of halogens is 3. The summed E-state index contributed by atoms with van der Waals surface area (Å²) in [4.78, 5) is 17.2. The highest BCUT2D eigenvalue weighted by Gasteiger charge is 2.21. The summed E-state index contributed by atoms with van der Waals surface area (Å²) >= 11 is 12.4. The number of amides is 1. The predicted octanol–water partition coefficient (Wildman–Crippen LogP) is 5.94. The molecule has 0 aliphatic heterocycles. The van der Waals surface area contributed by atoms with Gasteiger partial charge in [-0.15, -0.1) is 5.10 Å². The standard InChI is InChI=1S/C22H15Cl2FN4O/c1-13-16(23)6-4-8-19(13)29-21(14-9-11-15(25)12-10-14)27-20(28-29)22(30)26-18-7-3-2-5-17(18)24/h2-12H,1H3,(H,26,30). The Balaban J connectivity index is 1.81. The minimum absolute atomic E-state index is 0.0615. The second kappa shape index (κ2) is 8.26. The molecule has 0 saturated heterocycles. The van der Waals surface area contributed by atoms with Crippen molar-refractivity contribution >= 4 is 34.8 Å². The van der Waals surface area contributed by atoms with Gasteiger partial charge < -0.3 is 5.32 Å². The highest BCUT2D eigenvalue weighted by Crippen LogP contribution is 2.27. The fourth-order valence-electron chi connectivity index (χ4n) is 2.93. The number of carbonyl (C=O) groups is 1. The highest BCUT2D eigenvalue weighted by atomic mass is 35.5. The Kier molecular flexibility index (Phi) is 5.53. The van der Waals surface area contributed by atoms with Crippen LogP contribution in [0.3, 0.4) is 0 Å². The molecule has 0 unspecified atom stereocenters. The third-order valence-electron chi connectivity index (χ3n) is 4.50. The number of hydrogen-bond donors (Lipinski definition) is 1. The summed E-state index contributed by atoms with van der Waals surface area (Å²) in [6.07, 6.45) is 0. The van der Waals surface area contributed by atoms with E-state index in [2.05, 4.69) is 15.4 Å². The number of nitrogens with zero attached hydrogens (tertiary/aromatic N) is 3. The van der Waals surface area contributed by atoms with E-state index in [1.54, 1.807) is 48.5 Å². The lowest BCUT2D eigenvalue weighted by molar-refractivity contribution is 0.101. The van der Waals surface area contributed by atoms with Crippen molar-refractivity contribution in [3.63, 3.8) is 0 Å². The van der Waals surface area contributed by atoms with Gasteiger partial charge in [-0.1, -0.05) is 41.4 Å². The molecule has 150 valence electrons. The quantitative estimate of drug-likeness (QED) is 0.426. The van der Waals surface area contributed by atoms with Crippen molar-refractivity contribution < 1.29 is 9.18 Å². The third-order valence-corrected chi connectivity index (χ3v) is 5.24. The van der Waals surface area contributed by atoms with E-state index >= 15 is 0 Å². The van der Waals surface area contributed by atoms with Crippen LogP contribution in [0.5, 0.6) is 0 Å². The van der Waals surface area contributed by atoms with Crippen LogP contribution in [0.4, 0.5) is 10.1 Å². The topological polar surface area (TPSA) is 59.8 Å². The minimum atomic E-state index is -0.523. The first-order valence-electron chi connectivity index (χ1n) is 8.98. The molecule has 0 fully saturated rings. The van der Waals surface area contributed by atoms with Crippen molar-refractivity contribution in [2.45, 2.75) is 6.92 Å². The van der Waals surface area contributed by atoms with Gasteiger partial charge in [0.1, 0.15) is 5.82 Å². The maximum absolute atomic E-state index is 13.4. The molecule has 4 aromatic rings. The zero-order chi connectivity index (χ0) is 21.3. The van der Waals surface area contributed by atoms with Crippen molar-refractivity contribution in [2.75, 3.05) is 5.32 Å². The van der Waals surface area contributed by atoms with Gasteiger partial charge in [0.15, 0.2) is 5.82 Å². The third kappa shape index (κ3) is 3.92. The molecular weight excluding hydrogens is 426 g/mol. The van der Waals surface area contributed by atoms with Crippen LogP contribution in [0.1, 0.15) is 16.2 Å². The van der Waals surface area contributed by atoms with Gasteiger partial charge in [-0.25, -0.2) is 14.1 Å². The number of benzene rings is 3. The Morgan fingerprint density at radius 3 is 2.40 bits per heavy atom. The van der Waals surface area contributed by atoms with Gasteiger partial charge in [0.05, 0.1) is 16.4 Å². The second-order valence-electron chi connectivity index (χ2n) is 6.50. The Morgan fingerprint density at radius 2 is 1.67 bits per heavy atom. The number of carbonyl (C=O) groups excluding carboxylic acids is 1. The lowest BCUT2D eigenvalue weighted by atomic mass is 10.1. The lowest BCUT2D eigenvalue weighted by Crippen LogP contribution is -2.14. The fourth-order valence-corrected chi connectivity index (χ4v) is 3.28. The number of hydrogen-bond acceptors (Lipinski definition) is 3. The van der Waals surface area contributed by atoms with Crippen LogP contribution in [0.25, 0.3) is 17.1 Å². The first-order chi connectivity index (χ1) is 14.4. The molecule has 3 aromatic carbocycles. The molecule has 1 N–H and O–H groups in total. The second-order valence-corrected chi connectivity index (χ2v) is 7.31. The largest absolute Gasteiger partial charge is 0.318 e. The van der Waals surface area contributed by atoms with Crippen LogP contribution < -0.4 is 5.32 Å². The highest BCUT2D eigenvalue weighted by molar-refractivity contribution is 6.33. The molecule has 0 atom stereocenters. The number of aromatic nitrogens is 3. The molecule has 0 bridgehead atoms. The maximum Gasteiger partial charge on any atom is 0.295 e. The first-order valence-corrected chi connectivity index (χ1v) is 9.74. The average Bonchev–Trinajstić information content (AvgIpc) is 3.17. The van der Waals surface area contributed by atoms with Gasteiger partial charge in [-0.3, -0.25) is 4.79 Å². The van der Waals surface area contributed by atoms with Crippen molar-refractivity contribution in [2.24, 2.45) is 0 Å². The van der Waals surface area contributed by atoms with Crippen LogP contribution in [-0.2, 0) is 0 Å². The average molecular weight is 441 g/mol. The summed E-state index contributed by atoms with van der Waals surface area (Å²) in [5, 5.41) is 8.06. The van der Waals surface area contributed by atoms with E-state index in [1.165, 1.54) is 16.8 Å². The van der Waals surface area contributed by atoms with E-state index in [9.17, 15) is 9.18 Å². The van der Waals surface area contributed by atoms with E-state index in [0.29, 0.717) is 32.8 Å². The molecule has 30 heavy (non-hydrogen) atoms. The Morgan fingerprint density at radius 1 is 0.967 bits per heavy atom. The van der Waals surface area contributed by atoms with Crippen LogP contribution in [0, 0.1) is 12.7 Å². The Labute approximate surface area is 182 Å². The van der Waals surface area contributed by atoms with Gasteiger partial charge in [0.25, 0.3) is 5.91 Å². The summed E-state index contributed by atoms with van der Waals surface area (Å²) in [5.74, 6) is -0.580. The SMILES string of the molecule is Cc1c(Cl)cccc1-n1nc(C(=O)Nc2ccccc2Cl)nc1-c1ccc(F)cc1. The van der Waals surface area contributed by atoms with Gasteiger partial charge in [-0.05, 0) is 61.0 Å². The zero-order valence-corrected chi connectivity index (χ0v) is 17.2. The van der Waals surface area contributed by atoms with Crippen molar-refractivity contribution in [1.82, 2.24) is 14.8 Å². The van der Waals surface area contributed by atoms with Gasteiger partial charge in [0, 0.05) is 10.6 Å². The van der Waals surface area contributed by atoms with Crippen molar-refractivity contribution in [3.05, 3.63) is 94.0 Å². The molecule has 1 amide bonds. The Hall–Kier alpha value is -3.22. The normalized spacial score (nSPS) is 10.8. The summed E-state index contributed by atoms with van der Waals surface area (Å²) < 4.78 is 14.9. The molecule has 0 aliphatic carbocycles. The number of rotatable bonds is 4. The molecule has 0 radical (unpaired) electrons. The number of nitrogens with one attached hydrogen (secondary N) is 1. The predicted molar refractivity (Wildman–Crippen MR) is 116 cm³/mol. The van der Waals surface area contributed by atoms with Crippen molar-refractivity contribution in [1.29, 1.82) is 0 Å². The summed E-state index contributed by atoms with van der Waals surface area (Å²) in [5.41, 5.74) is 2.47. The molecule has 0 aliphatic rings. The molecule has 0 saturated carbocycles. The van der Waals surface area contributed by atoms with Crippen LogP contribution in [0.2, 0.25) is 10.0 Å². The maximum atomic E-state index is 13.4. The van der Waals surface area contributed by atoms with E-state index < -0.39 is 5.91 Å². The summed E-state index contributed by atoms with van der Waals surface area (Å²) in [6, 6.07) is 18.0. The van der Waals surface area contributed by atoms with Gasteiger partial charge in [0.2, 0.25) is 5.82 Å². The fraction of sp³-hybridized carbons (Fsp3) is 0.0455. The number of anilines is 1. The van der Waals surface area contributed by atoms with Gasteiger partial charge in [-0.2, -0.15) is 0 Å². The van der Waals surface area contributed by atoms with Gasteiger partial charge >= 0.3 is 0 Å². The van der Waals surface area contributed by atoms with E-state index in [4.69, 9.17) is 23.2 Å². The summed E-state index contributed by atoms with van der Waals surface area (Å²) in [6.45, 7) is 1.84. The Bertz CT molecular complexity index is 1240. The monoisotopic (exact) mass is 440 g/mol. The van der Waals surface area contributed by atoms with Crippen LogP contribution in [-0.4, -0.2) is 20.7 Å². The van der Waals surface area contributed by atoms with E-state index in [0.717, 1.165) is 5.56 Å². The lowest BCUT2D eigenvalue weighted by Gasteiger charge is -2.10. The smallest absolute Gasteiger partial charge is 0.295 e. The molecule has 4 rings (SSSR count). The molecular formula is C22H15Cl2FN4O. The zero-order valence-electron chi connectivity index (χ0n) is 15.7. The van der Waals surface area contributed by atoms with E-state index in [-0.39, 0.29) is 11.6 Å². The van der Waals surface area contributed by atoms with Crippen LogP contribution in [0.15, 0.2) is 66.7 Å². The molecule has 1 aromatic heterocycles. The summed E-state index contributed by atoms with van der Waals surface area (Å²) in [7, 11) is 0. The van der Waals surface area contributed by atoms with E-state index in [1.807, 2.05) is 13.0 Å². The molecule has 0 spiro atoms. The first kappa shape index (κ1) is 20.1. The molecule has 5 nitrogen and oxygen atoms in total.